The summed E-state index contributed by atoms with van der Waals surface area (Å²) in [6.07, 6.45) is 3.00. The van der Waals surface area contributed by atoms with Crippen molar-refractivity contribution in [2.75, 3.05) is 13.2 Å². The van der Waals surface area contributed by atoms with Crippen molar-refractivity contribution < 1.29 is 29.3 Å². The van der Waals surface area contributed by atoms with E-state index in [0.717, 1.165) is 22.3 Å². The number of hydrogen-bond acceptors (Lipinski definition) is 5. The molecule has 8 nitrogen and oxygen atoms in total. The molecule has 166 valence electrons. The van der Waals surface area contributed by atoms with Gasteiger partial charge in [0.2, 0.25) is 5.91 Å². The summed E-state index contributed by atoms with van der Waals surface area (Å²) in [5.41, 5.74) is 4.53. The minimum absolute atomic E-state index is 0.0442. The summed E-state index contributed by atoms with van der Waals surface area (Å²) in [6, 6.07) is 14.4. The fraction of sp³-hybridized carbons (Fsp3) is 0.292. The van der Waals surface area contributed by atoms with E-state index in [1.54, 1.807) is 12.2 Å². The molecule has 0 heterocycles. The van der Waals surface area contributed by atoms with Crippen molar-refractivity contribution in [3.63, 3.8) is 0 Å². The third kappa shape index (κ3) is 4.36. The molecular formula is C24H24N2O6. The van der Waals surface area contributed by atoms with Crippen LogP contribution in [0.2, 0.25) is 0 Å². The first-order chi connectivity index (χ1) is 15.5. The monoisotopic (exact) mass is 436 g/mol. The fourth-order valence-corrected chi connectivity index (χ4v) is 4.26. The predicted octanol–water partition coefficient (Wildman–Crippen LogP) is 2.03. The van der Waals surface area contributed by atoms with Gasteiger partial charge in [-0.15, -0.1) is 0 Å². The van der Waals surface area contributed by atoms with Crippen LogP contribution in [0, 0.1) is 5.92 Å². The Hall–Kier alpha value is -3.65. The smallest absolute Gasteiger partial charge is 0.407 e. The Labute approximate surface area is 184 Å². The number of benzene rings is 2. The molecule has 32 heavy (non-hydrogen) atoms. The quantitative estimate of drug-likeness (QED) is 0.492. The van der Waals surface area contributed by atoms with Gasteiger partial charge in [0, 0.05) is 5.92 Å². The molecule has 2 unspecified atom stereocenters. The number of aliphatic hydroxyl groups excluding tert-OH is 1. The van der Waals surface area contributed by atoms with Crippen molar-refractivity contribution >= 4 is 18.0 Å². The second kappa shape index (κ2) is 9.23. The van der Waals surface area contributed by atoms with Gasteiger partial charge in [0.15, 0.2) is 0 Å². The van der Waals surface area contributed by atoms with Gasteiger partial charge in [-0.1, -0.05) is 60.7 Å². The van der Waals surface area contributed by atoms with Crippen LogP contribution in [0.4, 0.5) is 4.79 Å². The zero-order chi connectivity index (χ0) is 22.7. The summed E-state index contributed by atoms with van der Waals surface area (Å²) in [5, 5.41) is 23.0. The number of amides is 2. The Bertz CT molecular complexity index is 1020. The molecular weight excluding hydrogens is 412 g/mol. The molecule has 3 atom stereocenters. The highest BCUT2D eigenvalue weighted by Crippen LogP contribution is 2.44. The van der Waals surface area contributed by atoms with E-state index in [4.69, 9.17) is 14.9 Å². The number of aliphatic hydroxyl groups is 1. The number of alkyl carbamates (subject to hydrolysis) is 1. The molecule has 2 aromatic carbocycles. The van der Waals surface area contributed by atoms with Gasteiger partial charge in [-0.2, -0.15) is 0 Å². The van der Waals surface area contributed by atoms with Crippen LogP contribution in [0.5, 0.6) is 0 Å². The number of ether oxygens (including phenoxy) is 1. The highest BCUT2D eigenvalue weighted by atomic mass is 16.5. The number of fused-ring (bicyclic) bond motifs is 3. The molecule has 2 aliphatic rings. The standard InChI is InChI=1S/C24H24N2O6/c27-12-21(23(29)30)26-22(28)14-9-10-15(11-14)25-24(31)32-13-20-18-7-3-1-5-16(18)17-6-2-4-8-19(17)20/h1-10,14-15,20-21,27H,11-13H2,(H,25,31)(H,26,28)(H,29,30)/t14?,15?,21-/m1/s1. The van der Waals surface area contributed by atoms with Gasteiger partial charge >= 0.3 is 12.1 Å². The SMILES string of the molecule is O=C(NC1C=CC(C(=O)N[C@H](CO)C(=O)O)C1)OCC1c2ccccc2-c2ccccc21. The van der Waals surface area contributed by atoms with E-state index in [0.29, 0.717) is 0 Å². The Balaban J connectivity index is 1.31. The number of carboxylic acids is 1. The molecule has 0 spiro atoms. The lowest BCUT2D eigenvalue weighted by molar-refractivity contribution is -0.143. The lowest BCUT2D eigenvalue weighted by Crippen LogP contribution is -2.45. The molecule has 0 aromatic heterocycles. The van der Waals surface area contributed by atoms with Crippen LogP contribution in [0.1, 0.15) is 23.5 Å². The van der Waals surface area contributed by atoms with Gasteiger partial charge in [-0.05, 0) is 28.7 Å². The van der Waals surface area contributed by atoms with E-state index in [9.17, 15) is 14.4 Å². The average molecular weight is 436 g/mol. The summed E-state index contributed by atoms with van der Waals surface area (Å²) in [7, 11) is 0. The molecule has 0 saturated heterocycles. The highest BCUT2D eigenvalue weighted by molar-refractivity contribution is 5.86. The van der Waals surface area contributed by atoms with Crippen molar-refractivity contribution in [1.82, 2.24) is 10.6 Å². The predicted molar refractivity (Wildman–Crippen MR) is 116 cm³/mol. The summed E-state index contributed by atoms with van der Waals surface area (Å²) in [4.78, 5) is 35.6. The third-order valence-corrected chi connectivity index (χ3v) is 5.86. The largest absolute Gasteiger partial charge is 0.480 e. The van der Waals surface area contributed by atoms with E-state index in [-0.39, 0.29) is 18.9 Å². The molecule has 2 aromatic rings. The topological polar surface area (TPSA) is 125 Å². The Morgan fingerprint density at radius 3 is 2.22 bits per heavy atom. The zero-order valence-electron chi connectivity index (χ0n) is 17.2. The second-order valence-corrected chi connectivity index (χ2v) is 7.89. The number of aliphatic carboxylic acids is 1. The maximum absolute atomic E-state index is 12.4. The molecule has 0 fully saturated rings. The fourth-order valence-electron chi connectivity index (χ4n) is 4.26. The number of carbonyl (C=O) groups excluding carboxylic acids is 2. The molecule has 4 N–H and O–H groups in total. The van der Waals surface area contributed by atoms with E-state index in [1.807, 2.05) is 36.4 Å². The molecule has 2 aliphatic carbocycles. The van der Waals surface area contributed by atoms with Crippen LogP contribution in [0.25, 0.3) is 11.1 Å². The van der Waals surface area contributed by atoms with Gasteiger partial charge < -0.3 is 25.6 Å². The first-order valence-corrected chi connectivity index (χ1v) is 10.4. The number of rotatable bonds is 7. The number of carboxylic acid groups (broad SMARTS) is 1. The van der Waals surface area contributed by atoms with Gasteiger partial charge in [0.05, 0.1) is 18.6 Å². The van der Waals surface area contributed by atoms with Crippen molar-refractivity contribution in [3.8, 4) is 11.1 Å². The first kappa shape index (κ1) is 21.6. The summed E-state index contributed by atoms with van der Waals surface area (Å²) >= 11 is 0. The number of hydrogen-bond donors (Lipinski definition) is 4. The Morgan fingerprint density at radius 1 is 1.00 bits per heavy atom. The number of nitrogens with one attached hydrogen (secondary N) is 2. The van der Waals surface area contributed by atoms with Gasteiger partial charge in [0.25, 0.3) is 0 Å². The van der Waals surface area contributed by atoms with E-state index < -0.39 is 42.6 Å². The van der Waals surface area contributed by atoms with Gasteiger partial charge in [-0.3, -0.25) is 4.79 Å². The normalized spacial score (nSPS) is 19.7. The Morgan fingerprint density at radius 2 is 1.62 bits per heavy atom. The van der Waals surface area contributed by atoms with E-state index in [2.05, 4.69) is 22.8 Å². The average Bonchev–Trinajstić information content (AvgIpc) is 3.38. The summed E-state index contributed by atoms with van der Waals surface area (Å²) in [5.74, 6) is -2.46. The van der Waals surface area contributed by atoms with Crippen LogP contribution in [-0.4, -0.2) is 53.5 Å². The molecule has 0 saturated carbocycles. The van der Waals surface area contributed by atoms with Crippen molar-refractivity contribution in [2.45, 2.75) is 24.4 Å². The molecule has 4 rings (SSSR count). The van der Waals surface area contributed by atoms with Crippen molar-refractivity contribution in [2.24, 2.45) is 5.92 Å². The molecule has 0 radical (unpaired) electrons. The van der Waals surface area contributed by atoms with E-state index >= 15 is 0 Å². The van der Waals surface area contributed by atoms with Crippen molar-refractivity contribution in [3.05, 3.63) is 71.8 Å². The van der Waals surface area contributed by atoms with Crippen LogP contribution in [-0.2, 0) is 14.3 Å². The lowest BCUT2D eigenvalue weighted by atomic mass is 9.98. The van der Waals surface area contributed by atoms with Gasteiger partial charge in [0.1, 0.15) is 12.6 Å². The van der Waals surface area contributed by atoms with Crippen LogP contribution >= 0.6 is 0 Å². The van der Waals surface area contributed by atoms with E-state index in [1.165, 1.54) is 0 Å². The van der Waals surface area contributed by atoms with Crippen LogP contribution in [0.3, 0.4) is 0 Å². The first-order valence-electron chi connectivity index (χ1n) is 10.4. The molecule has 2 amide bonds. The zero-order valence-corrected chi connectivity index (χ0v) is 17.2. The summed E-state index contributed by atoms with van der Waals surface area (Å²) < 4.78 is 5.52. The van der Waals surface area contributed by atoms with Crippen molar-refractivity contribution in [1.29, 1.82) is 0 Å². The summed E-state index contributed by atoms with van der Waals surface area (Å²) in [6.45, 7) is -0.504. The maximum atomic E-state index is 12.4. The highest BCUT2D eigenvalue weighted by Gasteiger charge is 2.31. The van der Waals surface area contributed by atoms with Crippen LogP contribution < -0.4 is 10.6 Å². The lowest BCUT2D eigenvalue weighted by Gasteiger charge is -2.18. The minimum Gasteiger partial charge on any atom is -0.480 e. The number of carbonyl (C=O) groups is 3. The Kier molecular flexibility index (Phi) is 6.23. The molecule has 0 aliphatic heterocycles. The van der Waals surface area contributed by atoms with Gasteiger partial charge in [-0.25, -0.2) is 9.59 Å². The molecule has 0 bridgehead atoms. The maximum Gasteiger partial charge on any atom is 0.407 e. The molecule has 8 heteroatoms. The second-order valence-electron chi connectivity index (χ2n) is 7.89. The minimum atomic E-state index is -1.36. The third-order valence-electron chi connectivity index (χ3n) is 5.86. The van der Waals surface area contributed by atoms with Crippen LogP contribution in [0.15, 0.2) is 60.7 Å².